The van der Waals surface area contributed by atoms with E-state index in [-0.39, 0.29) is 0 Å². The molecule has 0 radical (unpaired) electrons. The highest BCUT2D eigenvalue weighted by atomic mass is 32.1. The molecule has 1 aromatic rings. The molecule has 0 spiro atoms. The summed E-state index contributed by atoms with van der Waals surface area (Å²) in [4.78, 5) is 23.6. The van der Waals surface area contributed by atoms with Crippen molar-refractivity contribution in [2.75, 3.05) is 6.61 Å². The summed E-state index contributed by atoms with van der Waals surface area (Å²) < 4.78 is 4.83. The van der Waals surface area contributed by atoms with E-state index < -0.39 is 11.9 Å². The average molecular weight is 255 g/mol. The van der Waals surface area contributed by atoms with Gasteiger partial charge in [-0.2, -0.15) is 0 Å². The van der Waals surface area contributed by atoms with Crippen LogP contribution in [0.3, 0.4) is 0 Å². The van der Waals surface area contributed by atoms with E-state index in [9.17, 15) is 9.59 Å². The molecule has 0 fully saturated rings. The van der Waals surface area contributed by atoms with Crippen LogP contribution in [0.1, 0.15) is 31.1 Å². The first-order valence-electron chi connectivity index (χ1n) is 5.71. The van der Waals surface area contributed by atoms with E-state index in [1.54, 1.807) is 0 Å². The predicted octanol–water partition coefficient (Wildman–Crippen LogP) is 2.10. The van der Waals surface area contributed by atoms with Gasteiger partial charge in [0.15, 0.2) is 0 Å². The lowest BCUT2D eigenvalue weighted by atomic mass is 10.3. The molecule has 1 heterocycles. The minimum atomic E-state index is -0.794. The molecule has 0 aromatic carbocycles. The Morgan fingerprint density at radius 2 is 2.24 bits per heavy atom. The fourth-order valence-electron chi connectivity index (χ4n) is 1.24. The smallest absolute Gasteiger partial charge is 0.396 e. The number of thiophene rings is 1. The van der Waals surface area contributed by atoms with Gasteiger partial charge in [0.2, 0.25) is 0 Å². The number of hydrogen-bond acceptors (Lipinski definition) is 4. The normalized spacial score (nSPS) is 9.94. The number of amides is 1. The third kappa shape index (κ3) is 5.49. The summed E-state index contributed by atoms with van der Waals surface area (Å²) >= 11 is 1.53. The summed E-state index contributed by atoms with van der Waals surface area (Å²) in [7, 11) is 0. The molecule has 5 heteroatoms. The fourth-order valence-corrected chi connectivity index (χ4v) is 1.88. The van der Waals surface area contributed by atoms with E-state index in [0.29, 0.717) is 13.2 Å². The second-order valence-electron chi connectivity index (χ2n) is 3.61. The summed E-state index contributed by atoms with van der Waals surface area (Å²) in [6, 6.07) is 3.80. The van der Waals surface area contributed by atoms with E-state index in [1.807, 2.05) is 17.5 Å². The number of ether oxygens (including phenoxy) is 1. The predicted molar refractivity (Wildman–Crippen MR) is 66.6 cm³/mol. The number of unbranched alkanes of at least 4 members (excludes halogenated alkanes) is 2. The Hall–Kier alpha value is -1.36. The largest absolute Gasteiger partial charge is 0.459 e. The highest BCUT2D eigenvalue weighted by Gasteiger charge is 2.14. The Balaban J connectivity index is 2.16. The van der Waals surface area contributed by atoms with Crippen molar-refractivity contribution in [3.8, 4) is 0 Å². The molecule has 0 aliphatic rings. The molecule has 0 aliphatic carbocycles. The van der Waals surface area contributed by atoms with Crippen LogP contribution in [0.4, 0.5) is 0 Å². The van der Waals surface area contributed by atoms with Crippen LogP contribution >= 0.6 is 11.3 Å². The van der Waals surface area contributed by atoms with Gasteiger partial charge in [-0.05, 0) is 17.9 Å². The van der Waals surface area contributed by atoms with Gasteiger partial charge >= 0.3 is 11.9 Å². The average Bonchev–Trinajstić information content (AvgIpc) is 2.84. The summed E-state index contributed by atoms with van der Waals surface area (Å²) in [6.07, 6.45) is 2.87. The maximum atomic E-state index is 11.3. The molecule has 0 saturated carbocycles. The van der Waals surface area contributed by atoms with Crippen LogP contribution in [0, 0.1) is 0 Å². The third-order valence-corrected chi connectivity index (χ3v) is 3.05. The van der Waals surface area contributed by atoms with Gasteiger partial charge in [0.1, 0.15) is 0 Å². The number of hydrogen-bond donors (Lipinski definition) is 1. The molecule has 1 amide bonds. The van der Waals surface area contributed by atoms with Gasteiger partial charge in [-0.3, -0.25) is 4.79 Å². The third-order valence-electron chi connectivity index (χ3n) is 2.17. The lowest BCUT2D eigenvalue weighted by molar-refractivity contribution is -0.155. The van der Waals surface area contributed by atoms with E-state index in [0.717, 1.165) is 24.1 Å². The van der Waals surface area contributed by atoms with Crippen LogP contribution in [-0.4, -0.2) is 18.5 Å². The van der Waals surface area contributed by atoms with Crippen molar-refractivity contribution >= 4 is 23.2 Å². The molecule has 1 aromatic heterocycles. The molecule has 94 valence electrons. The fraction of sp³-hybridized carbons (Fsp3) is 0.500. The standard InChI is InChI=1S/C12H17NO3S/c1-2-3-4-7-16-12(15)11(14)13-9-10-6-5-8-17-10/h5-6,8H,2-4,7,9H2,1H3,(H,13,14). The second-order valence-corrected chi connectivity index (χ2v) is 4.64. The quantitative estimate of drug-likeness (QED) is 0.481. The minimum Gasteiger partial charge on any atom is -0.459 e. The zero-order valence-electron chi connectivity index (χ0n) is 9.90. The van der Waals surface area contributed by atoms with Crippen LogP contribution in [0.2, 0.25) is 0 Å². The molecular weight excluding hydrogens is 238 g/mol. The number of carbonyl (C=O) groups excluding carboxylic acids is 2. The van der Waals surface area contributed by atoms with Gasteiger partial charge in [0.25, 0.3) is 0 Å². The van der Waals surface area contributed by atoms with Gasteiger partial charge in [-0.25, -0.2) is 4.79 Å². The van der Waals surface area contributed by atoms with E-state index in [2.05, 4.69) is 12.2 Å². The van der Waals surface area contributed by atoms with Gasteiger partial charge in [0.05, 0.1) is 13.2 Å². The van der Waals surface area contributed by atoms with Crippen LogP contribution in [0.15, 0.2) is 17.5 Å². The topological polar surface area (TPSA) is 55.4 Å². The Kier molecular flexibility index (Phi) is 6.32. The molecule has 1 N–H and O–H groups in total. The van der Waals surface area contributed by atoms with Gasteiger partial charge in [0, 0.05) is 4.88 Å². The maximum absolute atomic E-state index is 11.3. The zero-order chi connectivity index (χ0) is 12.5. The van der Waals surface area contributed by atoms with Gasteiger partial charge < -0.3 is 10.1 Å². The summed E-state index contributed by atoms with van der Waals surface area (Å²) in [5.74, 6) is -1.47. The van der Waals surface area contributed by atoms with Gasteiger partial charge in [-0.1, -0.05) is 25.8 Å². The van der Waals surface area contributed by atoms with Crippen LogP contribution in [-0.2, 0) is 20.9 Å². The monoisotopic (exact) mass is 255 g/mol. The van der Waals surface area contributed by atoms with Crippen molar-refractivity contribution in [2.45, 2.75) is 32.7 Å². The Morgan fingerprint density at radius 1 is 1.41 bits per heavy atom. The summed E-state index contributed by atoms with van der Waals surface area (Å²) in [5, 5.41) is 4.44. The van der Waals surface area contributed by atoms with Crippen LogP contribution in [0.25, 0.3) is 0 Å². The van der Waals surface area contributed by atoms with Crippen molar-refractivity contribution in [3.05, 3.63) is 22.4 Å². The first-order chi connectivity index (χ1) is 8.24. The molecule has 0 unspecified atom stereocenters. The Labute approximate surface area is 105 Å². The van der Waals surface area contributed by atoms with Crippen molar-refractivity contribution in [3.63, 3.8) is 0 Å². The van der Waals surface area contributed by atoms with Crippen molar-refractivity contribution in [1.82, 2.24) is 5.32 Å². The molecule has 4 nitrogen and oxygen atoms in total. The lowest BCUT2D eigenvalue weighted by Gasteiger charge is -2.04. The summed E-state index contributed by atoms with van der Waals surface area (Å²) in [5.41, 5.74) is 0. The molecule has 0 atom stereocenters. The molecule has 0 saturated heterocycles. The second kappa shape index (κ2) is 7.84. The molecule has 0 aliphatic heterocycles. The van der Waals surface area contributed by atoms with Crippen LogP contribution < -0.4 is 5.32 Å². The minimum absolute atomic E-state index is 0.319. The number of esters is 1. The zero-order valence-corrected chi connectivity index (χ0v) is 10.7. The highest BCUT2D eigenvalue weighted by molar-refractivity contribution is 7.09. The first-order valence-corrected chi connectivity index (χ1v) is 6.59. The number of nitrogens with one attached hydrogen (secondary N) is 1. The SMILES string of the molecule is CCCCCOC(=O)C(=O)NCc1cccs1. The van der Waals surface area contributed by atoms with E-state index in [4.69, 9.17) is 4.74 Å². The lowest BCUT2D eigenvalue weighted by Crippen LogP contribution is -2.32. The van der Waals surface area contributed by atoms with Gasteiger partial charge in [-0.15, -0.1) is 11.3 Å². The molecule has 0 bridgehead atoms. The van der Waals surface area contributed by atoms with Crippen molar-refractivity contribution in [2.24, 2.45) is 0 Å². The van der Waals surface area contributed by atoms with Crippen molar-refractivity contribution < 1.29 is 14.3 Å². The number of rotatable bonds is 6. The van der Waals surface area contributed by atoms with E-state index in [1.165, 1.54) is 11.3 Å². The Morgan fingerprint density at radius 3 is 2.88 bits per heavy atom. The number of carbonyl (C=O) groups is 2. The summed E-state index contributed by atoms with van der Waals surface area (Å²) in [6.45, 7) is 2.76. The van der Waals surface area contributed by atoms with Crippen LogP contribution in [0.5, 0.6) is 0 Å². The maximum Gasteiger partial charge on any atom is 0.396 e. The van der Waals surface area contributed by atoms with E-state index >= 15 is 0 Å². The van der Waals surface area contributed by atoms with Crippen molar-refractivity contribution in [1.29, 1.82) is 0 Å². The highest BCUT2D eigenvalue weighted by Crippen LogP contribution is 2.07. The molecule has 1 rings (SSSR count). The molecular formula is C12H17NO3S. The molecule has 17 heavy (non-hydrogen) atoms. The Bertz CT molecular complexity index is 349. The first kappa shape index (κ1) is 13.7.